The fraction of sp³-hybridized carbons (Fsp3) is 0.238. The predicted molar refractivity (Wildman–Crippen MR) is 118 cm³/mol. The number of amides is 1. The van der Waals surface area contributed by atoms with Gasteiger partial charge in [-0.05, 0) is 18.4 Å². The number of carbonyl (C=O) groups excluding carboxylic acids is 1. The Kier molecular flexibility index (Phi) is 4.73. The second kappa shape index (κ2) is 7.53. The Balaban J connectivity index is 1.35. The molecule has 8 heteroatoms. The summed E-state index contributed by atoms with van der Waals surface area (Å²) in [7, 11) is 0. The Morgan fingerprint density at radius 2 is 1.83 bits per heavy atom. The van der Waals surface area contributed by atoms with Crippen molar-refractivity contribution < 1.29 is 4.79 Å². The molecule has 1 aromatic carbocycles. The Labute approximate surface area is 176 Å². The standard InChI is InChI=1S/C21H19N5OS2/c1-14-24-17(15-5-3-2-4-6-15)18(29-14)21(27)26-10-8-25(9-11-26)19-16-7-12-28-20(16)23-13-22-19/h2-7,12-13H,8-11H2,1H3. The zero-order valence-corrected chi connectivity index (χ0v) is 17.5. The molecule has 6 nitrogen and oxygen atoms in total. The van der Waals surface area contributed by atoms with Gasteiger partial charge in [-0.25, -0.2) is 15.0 Å². The van der Waals surface area contributed by atoms with Crippen LogP contribution in [0.5, 0.6) is 0 Å². The fourth-order valence-corrected chi connectivity index (χ4v) is 5.29. The predicted octanol–water partition coefficient (Wildman–Crippen LogP) is 4.09. The monoisotopic (exact) mass is 421 g/mol. The van der Waals surface area contributed by atoms with Gasteiger partial charge in [-0.1, -0.05) is 30.3 Å². The fourth-order valence-electron chi connectivity index (χ4n) is 3.66. The zero-order chi connectivity index (χ0) is 19.8. The maximum atomic E-state index is 13.3. The third-order valence-corrected chi connectivity index (χ3v) is 6.86. The lowest BCUT2D eigenvalue weighted by molar-refractivity contribution is 0.0752. The zero-order valence-electron chi connectivity index (χ0n) is 15.9. The minimum Gasteiger partial charge on any atom is -0.352 e. The van der Waals surface area contributed by atoms with Crippen molar-refractivity contribution in [3.05, 3.63) is 58.0 Å². The van der Waals surface area contributed by atoms with Crippen LogP contribution in [0.4, 0.5) is 5.82 Å². The van der Waals surface area contributed by atoms with E-state index in [9.17, 15) is 4.79 Å². The van der Waals surface area contributed by atoms with Crippen LogP contribution in [0.1, 0.15) is 14.7 Å². The molecule has 4 aromatic rings. The highest BCUT2D eigenvalue weighted by molar-refractivity contribution is 7.16. The number of hydrogen-bond acceptors (Lipinski definition) is 7. The summed E-state index contributed by atoms with van der Waals surface area (Å²) in [5.74, 6) is 1.03. The summed E-state index contributed by atoms with van der Waals surface area (Å²) in [6.07, 6.45) is 1.62. The molecule has 29 heavy (non-hydrogen) atoms. The van der Waals surface area contributed by atoms with E-state index in [0.29, 0.717) is 13.1 Å². The number of thiazole rings is 1. The Bertz CT molecular complexity index is 1160. The molecule has 0 N–H and O–H groups in total. The average Bonchev–Trinajstić information content (AvgIpc) is 3.40. The summed E-state index contributed by atoms with van der Waals surface area (Å²) in [5.41, 5.74) is 1.77. The highest BCUT2D eigenvalue weighted by Gasteiger charge is 2.27. The van der Waals surface area contributed by atoms with Crippen molar-refractivity contribution >= 4 is 44.6 Å². The van der Waals surface area contributed by atoms with Gasteiger partial charge in [-0.3, -0.25) is 4.79 Å². The number of aryl methyl sites for hydroxylation is 1. The van der Waals surface area contributed by atoms with E-state index in [0.717, 1.165) is 50.3 Å². The largest absolute Gasteiger partial charge is 0.352 e. The van der Waals surface area contributed by atoms with Crippen molar-refractivity contribution in [2.24, 2.45) is 0 Å². The number of aromatic nitrogens is 3. The summed E-state index contributed by atoms with van der Waals surface area (Å²) < 4.78 is 0. The lowest BCUT2D eigenvalue weighted by Crippen LogP contribution is -2.49. The van der Waals surface area contributed by atoms with Crippen molar-refractivity contribution in [1.29, 1.82) is 0 Å². The first-order chi connectivity index (χ1) is 14.2. The first-order valence-electron chi connectivity index (χ1n) is 9.46. The molecule has 1 saturated heterocycles. The number of piperazine rings is 1. The molecule has 0 atom stereocenters. The van der Waals surface area contributed by atoms with Gasteiger partial charge in [0.25, 0.3) is 5.91 Å². The summed E-state index contributed by atoms with van der Waals surface area (Å²) >= 11 is 3.10. The summed E-state index contributed by atoms with van der Waals surface area (Å²) in [5, 5.41) is 4.04. The number of benzene rings is 1. The van der Waals surface area contributed by atoms with E-state index in [1.54, 1.807) is 17.7 Å². The van der Waals surface area contributed by atoms with Gasteiger partial charge in [-0.15, -0.1) is 22.7 Å². The Morgan fingerprint density at radius 3 is 2.62 bits per heavy atom. The van der Waals surface area contributed by atoms with Gasteiger partial charge < -0.3 is 9.80 Å². The van der Waals surface area contributed by atoms with Gasteiger partial charge in [0.15, 0.2) is 0 Å². The molecular formula is C21H19N5OS2. The van der Waals surface area contributed by atoms with Crippen LogP contribution in [0.25, 0.3) is 21.5 Å². The van der Waals surface area contributed by atoms with Crippen LogP contribution >= 0.6 is 22.7 Å². The molecular weight excluding hydrogens is 402 g/mol. The van der Waals surface area contributed by atoms with Crippen LogP contribution in [-0.2, 0) is 0 Å². The van der Waals surface area contributed by atoms with Gasteiger partial charge in [-0.2, -0.15) is 0 Å². The molecule has 1 aliphatic rings. The molecule has 0 radical (unpaired) electrons. The van der Waals surface area contributed by atoms with E-state index < -0.39 is 0 Å². The van der Waals surface area contributed by atoms with Crippen molar-refractivity contribution in [3.8, 4) is 11.3 Å². The van der Waals surface area contributed by atoms with E-state index in [1.165, 1.54) is 11.3 Å². The molecule has 0 unspecified atom stereocenters. The minimum absolute atomic E-state index is 0.0671. The van der Waals surface area contributed by atoms with Gasteiger partial charge in [0, 0.05) is 31.7 Å². The van der Waals surface area contributed by atoms with Crippen LogP contribution in [0, 0.1) is 6.92 Å². The summed E-state index contributed by atoms with van der Waals surface area (Å²) in [6, 6.07) is 12.0. The number of thiophene rings is 1. The van der Waals surface area contributed by atoms with Crippen molar-refractivity contribution in [2.45, 2.75) is 6.92 Å². The molecule has 5 rings (SSSR count). The smallest absolute Gasteiger partial charge is 0.266 e. The van der Waals surface area contributed by atoms with Crippen molar-refractivity contribution in [3.63, 3.8) is 0 Å². The molecule has 3 aromatic heterocycles. The van der Waals surface area contributed by atoms with Crippen LogP contribution < -0.4 is 4.90 Å². The quantitative estimate of drug-likeness (QED) is 0.499. The summed E-state index contributed by atoms with van der Waals surface area (Å²) in [6.45, 7) is 4.80. The molecule has 1 amide bonds. The second-order valence-electron chi connectivity index (χ2n) is 6.89. The van der Waals surface area contributed by atoms with Crippen LogP contribution in [0.2, 0.25) is 0 Å². The number of carbonyl (C=O) groups is 1. The number of nitrogens with zero attached hydrogens (tertiary/aromatic N) is 5. The van der Waals surface area contributed by atoms with E-state index in [-0.39, 0.29) is 5.91 Å². The number of rotatable bonds is 3. The minimum atomic E-state index is 0.0671. The maximum Gasteiger partial charge on any atom is 0.266 e. The lowest BCUT2D eigenvalue weighted by atomic mass is 10.1. The summed E-state index contributed by atoms with van der Waals surface area (Å²) in [4.78, 5) is 32.6. The average molecular weight is 422 g/mol. The van der Waals surface area contributed by atoms with Gasteiger partial charge in [0.1, 0.15) is 21.9 Å². The molecule has 0 spiro atoms. The van der Waals surface area contributed by atoms with Crippen LogP contribution in [0.15, 0.2) is 48.1 Å². The van der Waals surface area contributed by atoms with Gasteiger partial charge in [0.2, 0.25) is 0 Å². The topological polar surface area (TPSA) is 62.2 Å². The van der Waals surface area contributed by atoms with Crippen LogP contribution in [0.3, 0.4) is 0 Å². The van der Waals surface area contributed by atoms with Crippen molar-refractivity contribution in [1.82, 2.24) is 19.9 Å². The Morgan fingerprint density at radius 1 is 1.03 bits per heavy atom. The lowest BCUT2D eigenvalue weighted by Gasteiger charge is -2.35. The van der Waals surface area contributed by atoms with E-state index in [4.69, 9.17) is 0 Å². The van der Waals surface area contributed by atoms with E-state index in [2.05, 4.69) is 25.9 Å². The number of fused-ring (bicyclic) bond motifs is 1. The van der Waals surface area contributed by atoms with Crippen molar-refractivity contribution in [2.75, 3.05) is 31.1 Å². The maximum absolute atomic E-state index is 13.3. The molecule has 0 bridgehead atoms. The second-order valence-corrected chi connectivity index (χ2v) is 8.99. The highest BCUT2D eigenvalue weighted by atomic mass is 32.1. The highest BCUT2D eigenvalue weighted by Crippen LogP contribution is 2.31. The number of anilines is 1. The van der Waals surface area contributed by atoms with Gasteiger partial charge >= 0.3 is 0 Å². The Hall–Kier alpha value is -2.84. The molecule has 1 fully saturated rings. The SMILES string of the molecule is Cc1nc(-c2ccccc2)c(C(=O)N2CCN(c3ncnc4sccc34)CC2)s1. The number of hydrogen-bond donors (Lipinski definition) is 0. The first kappa shape index (κ1) is 18.2. The van der Waals surface area contributed by atoms with Crippen LogP contribution in [-0.4, -0.2) is 51.9 Å². The molecule has 0 saturated carbocycles. The van der Waals surface area contributed by atoms with E-state index in [1.807, 2.05) is 47.5 Å². The molecule has 146 valence electrons. The van der Waals surface area contributed by atoms with Gasteiger partial charge in [0.05, 0.1) is 16.1 Å². The molecule has 0 aliphatic carbocycles. The normalized spacial score (nSPS) is 14.5. The molecule has 4 heterocycles. The first-order valence-corrected chi connectivity index (χ1v) is 11.2. The third kappa shape index (κ3) is 3.38. The third-order valence-electron chi connectivity index (χ3n) is 5.08. The molecule has 1 aliphatic heterocycles. The van der Waals surface area contributed by atoms with E-state index >= 15 is 0 Å².